The lowest BCUT2D eigenvalue weighted by atomic mass is 9.84. The van der Waals surface area contributed by atoms with E-state index in [-0.39, 0.29) is 5.91 Å². The van der Waals surface area contributed by atoms with Gasteiger partial charge in [0.15, 0.2) is 0 Å². The van der Waals surface area contributed by atoms with Crippen molar-refractivity contribution in [2.45, 2.75) is 51.4 Å². The normalized spacial score (nSPS) is 13.6. The number of pyridine rings is 1. The zero-order chi connectivity index (χ0) is 26.3. The highest BCUT2D eigenvalue weighted by molar-refractivity contribution is 6.05. The first-order valence-electron chi connectivity index (χ1n) is 13.2. The van der Waals surface area contributed by atoms with Gasteiger partial charge in [0, 0.05) is 24.4 Å². The Morgan fingerprint density at radius 1 is 0.974 bits per heavy atom. The van der Waals surface area contributed by atoms with Crippen molar-refractivity contribution in [2.75, 3.05) is 12.4 Å². The van der Waals surface area contributed by atoms with Gasteiger partial charge in [0.25, 0.3) is 5.91 Å². The van der Waals surface area contributed by atoms with Gasteiger partial charge in [0.1, 0.15) is 17.3 Å². The number of hydrogen-bond acceptors (Lipinski definition) is 6. The zero-order valence-corrected chi connectivity index (χ0v) is 21.8. The number of anilines is 1. The van der Waals surface area contributed by atoms with E-state index >= 15 is 0 Å². The van der Waals surface area contributed by atoms with Crippen LogP contribution in [-0.2, 0) is 6.42 Å². The predicted molar refractivity (Wildman–Crippen MR) is 148 cm³/mol. The van der Waals surface area contributed by atoms with Gasteiger partial charge in [-0.1, -0.05) is 38.3 Å². The molecule has 1 amide bonds. The number of benzene rings is 2. The molecular formula is C31H32N4O3. The van der Waals surface area contributed by atoms with Crippen molar-refractivity contribution in [1.29, 1.82) is 0 Å². The fraction of sp³-hybridized carbons (Fsp3) is 0.290. The molecule has 0 atom stereocenters. The van der Waals surface area contributed by atoms with Gasteiger partial charge in [-0.25, -0.2) is 15.0 Å². The van der Waals surface area contributed by atoms with Crippen LogP contribution in [0.4, 0.5) is 5.69 Å². The van der Waals surface area contributed by atoms with Crippen molar-refractivity contribution < 1.29 is 14.3 Å². The van der Waals surface area contributed by atoms with Crippen LogP contribution in [0.2, 0.25) is 0 Å². The number of carbonyl (C=O) groups excluding carboxylic acids is 1. The molecule has 38 heavy (non-hydrogen) atoms. The maximum absolute atomic E-state index is 13.3. The molecule has 0 saturated heterocycles. The molecule has 1 aliphatic rings. The summed E-state index contributed by atoms with van der Waals surface area (Å²) in [5.74, 6) is 2.59. The topological polar surface area (TPSA) is 86.2 Å². The Morgan fingerprint density at radius 2 is 1.84 bits per heavy atom. The average molecular weight is 509 g/mol. The number of ether oxygens (including phenoxy) is 2. The summed E-state index contributed by atoms with van der Waals surface area (Å²) in [7, 11) is 1.62. The van der Waals surface area contributed by atoms with Crippen LogP contribution in [0.3, 0.4) is 0 Å². The SMILES string of the molecule is CCc1nccc(-c2cccnc2Oc2cccc(C(=O)Nc3cc(C4CCCCC4)ccc3OC)c2)n1. The minimum absolute atomic E-state index is 0.237. The summed E-state index contributed by atoms with van der Waals surface area (Å²) in [5.41, 5.74) is 3.88. The third-order valence-electron chi connectivity index (χ3n) is 6.93. The highest BCUT2D eigenvalue weighted by atomic mass is 16.5. The van der Waals surface area contributed by atoms with Crippen molar-refractivity contribution in [3.63, 3.8) is 0 Å². The number of nitrogens with one attached hydrogen (secondary N) is 1. The second kappa shape index (κ2) is 11.9. The summed E-state index contributed by atoms with van der Waals surface area (Å²) >= 11 is 0. The van der Waals surface area contributed by atoms with Gasteiger partial charge in [-0.15, -0.1) is 0 Å². The lowest BCUT2D eigenvalue weighted by molar-refractivity contribution is 0.102. The smallest absolute Gasteiger partial charge is 0.255 e. The first-order valence-corrected chi connectivity index (χ1v) is 13.2. The number of aromatic nitrogens is 3. The molecule has 4 aromatic rings. The monoisotopic (exact) mass is 508 g/mol. The molecule has 0 spiro atoms. The van der Waals surface area contributed by atoms with Crippen molar-refractivity contribution in [2.24, 2.45) is 0 Å². The molecule has 1 aliphatic carbocycles. The minimum atomic E-state index is -0.237. The number of methoxy groups -OCH3 is 1. The van der Waals surface area contributed by atoms with Crippen LogP contribution in [0.5, 0.6) is 17.4 Å². The second-order valence-electron chi connectivity index (χ2n) is 9.45. The van der Waals surface area contributed by atoms with Gasteiger partial charge in [0.2, 0.25) is 5.88 Å². The second-order valence-corrected chi connectivity index (χ2v) is 9.45. The predicted octanol–water partition coefficient (Wildman–Crippen LogP) is 7.20. The van der Waals surface area contributed by atoms with Gasteiger partial charge in [-0.3, -0.25) is 4.79 Å². The van der Waals surface area contributed by atoms with E-state index in [1.54, 1.807) is 43.8 Å². The Kier molecular flexibility index (Phi) is 7.92. The molecule has 1 N–H and O–H groups in total. The van der Waals surface area contributed by atoms with Crippen LogP contribution >= 0.6 is 0 Å². The largest absolute Gasteiger partial charge is 0.495 e. The van der Waals surface area contributed by atoms with Gasteiger partial charge >= 0.3 is 0 Å². The summed E-state index contributed by atoms with van der Waals surface area (Å²) in [6.07, 6.45) is 10.3. The van der Waals surface area contributed by atoms with E-state index in [0.717, 1.165) is 23.5 Å². The molecule has 7 heteroatoms. The highest BCUT2D eigenvalue weighted by Gasteiger charge is 2.19. The van der Waals surface area contributed by atoms with Crippen LogP contribution < -0.4 is 14.8 Å². The van der Waals surface area contributed by atoms with Gasteiger partial charge in [-0.05, 0) is 72.9 Å². The number of carbonyl (C=O) groups is 1. The molecule has 194 valence electrons. The van der Waals surface area contributed by atoms with Crippen LogP contribution in [0, 0.1) is 0 Å². The quantitative estimate of drug-likeness (QED) is 0.271. The summed E-state index contributed by atoms with van der Waals surface area (Å²) in [6, 6.07) is 18.8. The van der Waals surface area contributed by atoms with E-state index in [4.69, 9.17) is 9.47 Å². The van der Waals surface area contributed by atoms with E-state index in [9.17, 15) is 4.79 Å². The molecule has 1 fully saturated rings. The number of nitrogens with zero attached hydrogens (tertiary/aromatic N) is 3. The third-order valence-corrected chi connectivity index (χ3v) is 6.93. The Bertz CT molecular complexity index is 1420. The van der Waals surface area contributed by atoms with Crippen LogP contribution in [0.1, 0.15) is 66.7 Å². The molecular weight excluding hydrogens is 476 g/mol. The Hall–Kier alpha value is -4.26. The third kappa shape index (κ3) is 5.83. The van der Waals surface area contributed by atoms with Crippen molar-refractivity contribution in [3.05, 3.63) is 90.0 Å². The first kappa shape index (κ1) is 25.4. The number of amides is 1. The summed E-state index contributed by atoms with van der Waals surface area (Å²) in [4.78, 5) is 26.6. The number of aryl methyl sites for hydroxylation is 1. The van der Waals surface area contributed by atoms with Gasteiger partial charge in [-0.2, -0.15) is 0 Å². The highest BCUT2D eigenvalue weighted by Crippen LogP contribution is 2.37. The lowest BCUT2D eigenvalue weighted by Gasteiger charge is -2.23. The fourth-order valence-electron chi connectivity index (χ4n) is 4.91. The standard InChI is InChI=1S/C31H32N4O3/c1-3-29-32-18-16-26(34-29)25-13-8-17-33-31(25)38-24-12-7-11-23(19-24)30(36)35-27-20-22(14-15-28(27)37-2)21-9-5-4-6-10-21/h7-8,11-21H,3-6,9-10H2,1-2H3,(H,35,36). The Balaban J connectivity index is 1.36. The van der Waals surface area contributed by atoms with E-state index in [1.165, 1.54) is 37.7 Å². The average Bonchev–Trinajstić information content (AvgIpc) is 2.98. The number of rotatable bonds is 8. The van der Waals surface area contributed by atoms with E-state index in [0.29, 0.717) is 34.5 Å². The van der Waals surface area contributed by atoms with Crippen molar-refractivity contribution >= 4 is 11.6 Å². The summed E-state index contributed by atoms with van der Waals surface area (Å²) < 4.78 is 11.7. The van der Waals surface area contributed by atoms with Crippen molar-refractivity contribution in [3.8, 4) is 28.6 Å². The fourth-order valence-corrected chi connectivity index (χ4v) is 4.91. The molecule has 2 aromatic carbocycles. The van der Waals surface area contributed by atoms with Gasteiger partial charge < -0.3 is 14.8 Å². The lowest BCUT2D eigenvalue weighted by Crippen LogP contribution is -2.13. The molecule has 0 bridgehead atoms. The Morgan fingerprint density at radius 3 is 2.66 bits per heavy atom. The molecule has 0 aliphatic heterocycles. The molecule has 7 nitrogen and oxygen atoms in total. The number of hydrogen-bond donors (Lipinski definition) is 1. The summed E-state index contributed by atoms with van der Waals surface area (Å²) in [6.45, 7) is 2.01. The minimum Gasteiger partial charge on any atom is -0.495 e. The first-order chi connectivity index (χ1) is 18.6. The summed E-state index contributed by atoms with van der Waals surface area (Å²) in [5, 5.41) is 3.05. The van der Waals surface area contributed by atoms with E-state index < -0.39 is 0 Å². The van der Waals surface area contributed by atoms with Gasteiger partial charge in [0.05, 0.1) is 24.1 Å². The zero-order valence-electron chi connectivity index (χ0n) is 21.8. The van der Waals surface area contributed by atoms with Crippen LogP contribution in [0.25, 0.3) is 11.3 Å². The van der Waals surface area contributed by atoms with E-state index in [1.807, 2.05) is 31.2 Å². The van der Waals surface area contributed by atoms with E-state index in [2.05, 4.69) is 32.4 Å². The molecule has 1 saturated carbocycles. The molecule has 2 aromatic heterocycles. The van der Waals surface area contributed by atoms with Crippen LogP contribution in [-0.4, -0.2) is 28.0 Å². The molecule has 0 radical (unpaired) electrons. The van der Waals surface area contributed by atoms with Crippen molar-refractivity contribution in [1.82, 2.24) is 15.0 Å². The van der Waals surface area contributed by atoms with Crippen LogP contribution in [0.15, 0.2) is 73.1 Å². The Labute approximate surface area is 223 Å². The molecule has 2 heterocycles. The molecule has 0 unspecified atom stereocenters. The molecule has 5 rings (SSSR count). The maximum Gasteiger partial charge on any atom is 0.255 e. The maximum atomic E-state index is 13.3.